The van der Waals surface area contributed by atoms with Crippen molar-refractivity contribution in [3.63, 3.8) is 0 Å². The maximum atomic E-state index is 6.66. The van der Waals surface area contributed by atoms with Crippen LogP contribution in [0.15, 0.2) is 97.1 Å². The van der Waals surface area contributed by atoms with Gasteiger partial charge in [0, 0.05) is 21.7 Å². The Bertz CT molecular complexity index is 2740. The lowest BCUT2D eigenvalue weighted by Gasteiger charge is -2.54. The van der Waals surface area contributed by atoms with Crippen LogP contribution in [0.1, 0.15) is 94.5 Å². The van der Waals surface area contributed by atoms with Gasteiger partial charge in [0.1, 0.15) is 52.9 Å². The first kappa shape index (κ1) is 56.5. The van der Waals surface area contributed by atoms with Gasteiger partial charge in [0.25, 0.3) is 0 Å². The molecule has 444 valence electrons. The second kappa shape index (κ2) is 24.4. The molecule has 0 saturated heterocycles. The minimum Gasteiger partial charge on any atom is -0.487 e. The molecule has 8 aliphatic rings. The lowest BCUT2D eigenvalue weighted by Crippen LogP contribution is -2.48. The van der Waals surface area contributed by atoms with Gasteiger partial charge in [-0.05, 0) is 143 Å². The summed E-state index contributed by atoms with van der Waals surface area (Å²) in [5.74, 6) is 4.96. The van der Waals surface area contributed by atoms with E-state index in [1.165, 1.54) is 22.3 Å². The third-order valence-electron chi connectivity index (χ3n) is 18.0. The normalized spacial score (nSPS) is 25.8. The fraction of sp³-hybridized carbons (Fsp3) is 0.471. The van der Waals surface area contributed by atoms with Crippen molar-refractivity contribution in [1.82, 2.24) is 0 Å². The van der Waals surface area contributed by atoms with Crippen molar-refractivity contribution in [1.29, 1.82) is 0 Å². The summed E-state index contributed by atoms with van der Waals surface area (Å²) in [6.07, 6.45) is 0. The van der Waals surface area contributed by atoms with Crippen molar-refractivity contribution < 1.29 is 75.8 Å². The quantitative estimate of drug-likeness (QED) is 0.142. The standard InChI is InChI=1S/C68H76O16/c1-65-45-9-5-6-10-46(45)66(2)51-39-59-57(37-49(51)65)77-29-21-69-13-15-73-25-33-81-61-41-53-55(43-63(61)83-35-27-75-19-17-71-23-31-79-59)68(4)48-12-8-7-11-47(48)67(53,3)54-42-62-64(44-56(54)68)84-36-28-76-20-18-72-24-32-80-60-40-52(66)50(65)38-58(60)78-30-22-70-14-16-74-26-34-82-62/h5-12,37-44H,13-36H2,1-4H3. The summed E-state index contributed by atoms with van der Waals surface area (Å²) >= 11 is 0. The second-order valence-electron chi connectivity index (χ2n) is 22.7. The van der Waals surface area contributed by atoms with Crippen LogP contribution < -0.4 is 37.9 Å². The molecule has 16 heteroatoms. The first-order valence-corrected chi connectivity index (χ1v) is 29.8. The number of hydrogen-bond donors (Lipinski definition) is 0. The van der Waals surface area contributed by atoms with Crippen LogP contribution in [-0.4, -0.2) is 159 Å². The van der Waals surface area contributed by atoms with Gasteiger partial charge < -0.3 is 75.8 Å². The molecule has 14 rings (SSSR count). The molecule has 2 aliphatic heterocycles. The van der Waals surface area contributed by atoms with Crippen molar-refractivity contribution in [3.8, 4) is 46.0 Å². The van der Waals surface area contributed by atoms with Gasteiger partial charge in [-0.2, -0.15) is 0 Å². The summed E-state index contributed by atoms with van der Waals surface area (Å²) < 4.78 is 102. The third-order valence-corrected chi connectivity index (χ3v) is 18.0. The Hall–Kier alpha value is -6.60. The van der Waals surface area contributed by atoms with E-state index < -0.39 is 21.7 Å². The molecule has 6 aromatic rings. The molecule has 2 heterocycles. The minimum atomic E-state index is -0.625. The van der Waals surface area contributed by atoms with E-state index in [1.54, 1.807) is 0 Å². The van der Waals surface area contributed by atoms with Gasteiger partial charge in [-0.15, -0.1) is 0 Å². The number of rotatable bonds is 0. The largest absolute Gasteiger partial charge is 0.487 e. The fourth-order valence-electron chi connectivity index (χ4n) is 13.9. The lowest BCUT2D eigenvalue weighted by molar-refractivity contribution is 0.0222. The van der Waals surface area contributed by atoms with Crippen LogP contribution in [0, 0.1) is 0 Å². The number of hydrogen-bond acceptors (Lipinski definition) is 16. The molecule has 0 amide bonds. The number of ether oxygens (including phenoxy) is 16. The highest BCUT2D eigenvalue weighted by atomic mass is 16.6. The maximum Gasteiger partial charge on any atom is 0.161 e. The summed E-state index contributed by atoms with van der Waals surface area (Å²) in [5, 5.41) is 0. The summed E-state index contributed by atoms with van der Waals surface area (Å²) in [7, 11) is 0. The van der Waals surface area contributed by atoms with Crippen LogP contribution in [0.2, 0.25) is 0 Å². The molecule has 0 radical (unpaired) electrons. The Morgan fingerprint density at radius 1 is 0.190 bits per heavy atom. The number of benzene rings is 6. The molecule has 16 nitrogen and oxygen atoms in total. The third kappa shape index (κ3) is 10.1. The van der Waals surface area contributed by atoms with Gasteiger partial charge in [0.05, 0.1) is 106 Å². The Morgan fingerprint density at radius 2 is 0.321 bits per heavy atom. The van der Waals surface area contributed by atoms with Crippen LogP contribution in [-0.2, 0) is 59.6 Å². The van der Waals surface area contributed by atoms with Crippen molar-refractivity contribution >= 4 is 0 Å². The van der Waals surface area contributed by atoms with Crippen LogP contribution in [0.25, 0.3) is 0 Å². The molecule has 0 N–H and O–H groups in total. The van der Waals surface area contributed by atoms with E-state index in [9.17, 15) is 0 Å². The molecular weight excluding hydrogens is 1070 g/mol. The van der Waals surface area contributed by atoms with Gasteiger partial charge in [-0.25, -0.2) is 0 Å². The maximum absolute atomic E-state index is 6.66. The van der Waals surface area contributed by atoms with Crippen molar-refractivity contribution in [3.05, 3.63) is 164 Å². The van der Waals surface area contributed by atoms with Gasteiger partial charge in [0.2, 0.25) is 0 Å². The van der Waals surface area contributed by atoms with E-state index in [0.717, 1.165) is 44.5 Å². The Morgan fingerprint density at radius 3 is 0.464 bits per heavy atom. The van der Waals surface area contributed by atoms with Crippen molar-refractivity contribution in [2.24, 2.45) is 0 Å². The van der Waals surface area contributed by atoms with E-state index in [-0.39, 0.29) is 52.9 Å². The molecule has 0 atom stereocenters. The lowest BCUT2D eigenvalue weighted by atomic mass is 9.48. The highest BCUT2D eigenvalue weighted by Crippen LogP contribution is 2.66. The Kier molecular flexibility index (Phi) is 16.4. The predicted molar refractivity (Wildman–Crippen MR) is 311 cm³/mol. The van der Waals surface area contributed by atoms with Crippen LogP contribution >= 0.6 is 0 Å². The summed E-state index contributed by atoms with van der Waals surface area (Å²) in [4.78, 5) is 0. The molecule has 0 saturated carbocycles. The predicted octanol–water partition coefficient (Wildman–Crippen LogP) is 9.26. The SMILES string of the molecule is CC12c3ccccc3C3(C)c4cc5c(cc41)OCCOCCOCCOc1cc4c(cc1OCCOCCOCCO5)C1(C)c5ccccc5C4(C)c4cc5c(cc41)OCCOCCOCCOc1cc3c2cc1OCCOCCOCCO5. The smallest absolute Gasteiger partial charge is 0.161 e. The van der Waals surface area contributed by atoms with E-state index >= 15 is 0 Å². The summed E-state index contributed by atoms with van der Waals surface area (Å²) in [6, 6.07) is 34.7. The first-order chi connectivity index (χ1) is 41.2. The first-order valence-electron chi connectivity index (χ1n) is 29.8. The molecule has 4 bridgehead atoms. The van der Waals surface area contributed by atoms with Gasteiger partial charge in [0.15, 0.2) is 46.0 Å². The van der Waals surface area contributed by atoms with E-state index in [1.807, 2.05) is 0 Å². The van der Waals surface area contributed by atoms with Crippen molar-refractivity contribution in [2.75, 3.05) is 159 Å². The monoisotopic (exact) mass is 1150 g/mol. The molecule has 0 fully saturated rings. The Balaban J connectivity index is 0.883. The molecule has 6 aromatic carbocycles. The highest BCUT2D eigenvalue weighted by molar-refractivity contribution is 5.79. The van der Waals surface area contributed by atoms with Gasteiger partial charge in [-0.3, -0.25) is 0 Å². The molecular formula is C68H76O16. The van der Waals surface area contributed by atoms with Crippen LogP contribution in [0.5, 0.6) is 46.0 Å². The topological polar surface area (TPSA) is 148 Å². The van der Waals surface area contributed by atoms with Crippen LogP contribution in [0.4, 0.5) is 0 Å². The molecule has 0 spiro atoms. The zero-order valence-corrected chi connectivity index (χ0v) is 48.7. The van der Waals surface area contributed by atoms with Crippen LogP contribution in [0.3, 0.4) is 0 Å². The zero-order valence-electron chi connectivity index (χ0n) is 48.7. The van der Waals surface area contributed by atoms with Gasteiger partial charge in [-0.1, -0.05) is 48.5 Å². The minimum absolute atomic E-state index is 0.286. The fourth-order valence-corrected chi connectivity index (χ4v) is 13.9. The Labute approximate surface area is 491 Å². The second-order valence-corrected chi connectivity index (χ2v) is 22.7. The summed E-state index contributed by atoms with van der Waals surface area (Å²) in [5.41, 5.74) is 11.3. The van der Waals surface area contributed by atoms with E-state index in [0.29, 0.717) is 152 Å². The average molecular weight is 1150 g/mol. The summed E-state index contributed by atoms with van der Waals surface area (Å²) in [6.45, 7) is 17.1. The average Bonchev–Trinajstić information content (AvgIpc) is 0.704. The molecule has 0 aromatic heterocycles. The number of fused-ring (bicyclic) bond motifs is 4. The zero-order chi connectivity index (χ0) is 57.1. The van der Waals surface area contributed by atoms with E-state index in [2.05, 4.69) is 125 Å². The highest BCUT2D eigenvalue weighted by Gasteiger charge is 2.57. The van der Waals surface area contributed by atoms with Gasteiger partial charge >= 0.3 is 0 Å². The molecule has 84 heavy (non-hydrogen) atoms. The van der Waals surface area contributed by atoms with Crippen molar-refractivity contribution in [2.45, 2.75) is 49.4 Å². The molecule has 6 aliphatic carbocycles. The molecule has 0 unspecified atom stereocenters. The van der Waals surface area contributed by atoms with E-state index in [4.69, 9.17) is 75.8 Å².